The van der Waals surface area contributed by atoms with Crippen LogP contribution < -0.4 is 6.15 Å². The van der Waals surface area contributed by atoms with Gasteiger partial charge in [0.25, 0.3) is 0 Å². The van der Waals surface area contributed by atoms with Gasteiger partial charge < -0.3 is 38.9 Å². The van der Waals surface area contributed by atoms with Gasteiger partial charge in [-0.2, -0.15) is 5.16 Å². The average molecular weight is 166 g/mol. The van der Waals surface area contributed by atoms with Crippen LogP contribution in [0.5, 0.6) is 0 Å². The summed E-state index contributed by atoms with van der Waals surface area (Å²) in [6.45, 7) is 0. The molecule has 0 radical (unpaired) electrons. The summed E-state index contributed by atoms with van der Waals surface area (Å²) in [7, 11) is 0. The van der Waals surface area contributed by atoms with Crippen molar-refractivity contribution >= 4 is 17.4 Å². The smallest absolute Gasteiger partial charge is 0.0548 e. The van der Waals surface area contributed by atoms with Crippen molar-refractivity contribution in [2.45, 2.75) is 0 Å². The van der Waals surface area contributed by atoms with Crippen LogP contribution >= 0.6 is 12.2 Å². The maximum atomic E-state index is 7.13. The van der Waals surface area contributed by atoms with Crippen molar-refractivity contribution in [1.29, 1.82) is 0 Å². The lowest BCUT2D eigenvalue weighted by molar-refractivity contribution is 0.823. The molecule has 0 spiro atoms. The number of isothiocyanates is 1. The summed E-state index contributed by atoms with van der Waals surface area (Å²) in [6.07, 6.45) is 0. The first kappa shape index (κ1) is 201. The third-order valence-corrected chi connectivity index (χ3v) is 0. The number of thiocarbonyl (C=S) groups is 1. The highest BCUT2D eigenvalue weighted by Gasteiger charge is 0.756. The molecule has 0 saturated heterocycles. The average Bonchev–Trinajstić information content (AvgIpc) is 0.918. The number of hydrogen-bond acceptors (Lipinski definition) is 1. The van der Waals surface area contributed by atoms with E-state index < -0.39 is 0 Å². The molecule has 0 aromatic rings. The van der Waals surface area contributed by atoms with E-state index in [-0.39, 0.29) is 33.5 Å². The number of rotatable bonds is 0. The normalized spacial score (nSPS) is 0.889. The first-order valence-corrected chi connectivity index (χ1v) is 0.836. The summed E-state index contributed by atoms with van der Waals surface area (Å²) in [5.74, 6) is 0. The van der Waals surface area contributed by atoms with Gasteiger partial charge in [0.05, 0.1) is 0 Å². The van der Waals surface area contributed by atoms with Crippen LogP contribution in [0.2, 0.25) is 0 Å². The van der Waals surface area contributed by atoms with E-state index in [0.717, 1.165) is 0 Å². The molecule has 0 fully saturated rings. The fourth-order valence-corrected chi connectivity index (χ4v) is 0. The fraction of sp³-hybridized carbons (Fsp3) is 0. The minimum atomic E-state index is 0. The molecule has 0 aromatic heterocycles. The highest BCUT2D eigenvalue weighted by Crippen LogP contribution is 1.19. The summed E-state index contributed by atoms with van der Waals surface area (Å²) in [5, 5.41) is 8.47. The van der Waals surface area contributed by atoms with Gasteiger partial charge in [0.1, 0.15) is 0 Å². The van der Waals surface area contributed by atoms with Crippen molar-refractivity contribution in [3.05, 3.63) is 5.41 Å². The van der Waals surface area contributed by atoms with Gasteiger partial charge in [0.15, 0.2) is 0 Å². The van der Waals surface area contributed by atoms with Gasteiger partial charge in [-0.3, -0.25) is 0 Å². The molecular weight excluding hydrogens is 152 g/mol. The zero-order valence-corrected chi connectivity index (χ0v) is 5.67. The summed E-state index contributed by atoms with van der Waals surface area (Å²) in [4.78, 5) is 0. The molecule has 0 aromatic carbocycles. The summed E-state index contributed by atoms with van der Waals surface area (Å²) in [6, 6.07) is 0. The van der Waals surface area contributed by atoms with Crippen molar-refractivity contribution in [2.24, 2.45) is 0 Å². The van der Waals surface area contributed by atoms with Crippen molar-refractivity contribution in [3.8, 4) is 0 Å². The first-order chi connectivity index (χ1) is 1.41. The largest absolute Gasteiger partial charge is 0.753 e. The number of quaternary nitrogens is 1. The predicted molar refractivity (Wildman–Crippen MR) is 40.0 cm³/mol. The monoisotopic (exact) mass is 166 g/mol. The highest BCUT2D eigenvalue weighted by molar-refractivity contribution is 7.78. The molecule has 0 rings (SSSR count). The second kappa shape index (κ2) is 1040. The highest BCUT2D eigenvalue weighted by atomic mass is 32.1. The first-order valence-electron chi connectivity index (χ1n) is 0.428. The van der Waals surface area contributed by atoms with Crippen LogP contribution in [0, 0.1) is 0 Å². The van der Waals surface area contributed by atoms with Gasteiger partial charge in [0.2, 0.25) is 0 Å². The van der Waals surface area contributed by atoms with Gasteiger partial charge in [-0.25, -0.2) is 0 Å². The topological polar surface area (TPSA) is 216 Å². The Balaban J connectivity index is -0.00000000133. The molecule has 64 valence electrons. The molecule has 14 N–H and O–H groups in total. The second-order valence-corrected chi connectivity index (χ2v) is 0.274. The van der Waals surface area contributed by atoms with E-state index >= 15 is 0 Å². The molecule has 7 nitrogen and oxygen atoms in total. The van der Waals surface area contributed by atoms with Gasteiger partial charge in [0, 0.05) is 0 Å². The molecule has 0 amide bonds. The molecule has 0 bridgehead atoms. The third-order valence-electron chi connectivity index (χ3n) is 0. The molecule has 0 heterocycles. The standard InChI is InChI=1S/CNS.H3N.5H2O/c2-1-3;;;;;;/h;1H3;5*1H2/q-1;;;;;;/p+1. The zero-order chi connectivity index (χ0) is 2.71. The molecule has 0 aliphatic carbocycles. The van der Waals surface area contributed by atoms with Gasteiger partial charge in [-0.1, -0.05) is 12.2 Å². The van der Waals surface area contributed by atoms with E-state index in [1.807, 2.05) is 0 Å². The van der Waals surface area contributed by atoms with Crippen LogP contribution in [0.25, 0.3) is 5.41 Å². The van der Waals surface area contributed by atoms with Crippen molar-refractivity contribution in [3.63, 3.8) is 0 Å². The van der Waals surface area contributed by atoms with Crippen LogP contribution in [0.1, 0.15) is 0 Å². The minimum Gasteiger partial charge on any atom is -0.753 e. The molecule has 0 atom stereocenters. The lowest BCUT2D eigenvalue weighted by atomic mass is 11.8. The van der Waals surface area contributed by atoms with Gasteiger partial charge >= 0.3 is 0 Å². The van der Waals surface area contributed by atoms with Gasteiger partial charge in [-0.05, 0) is 0 Å². The van der Waals surface area contributed by atoms with Crippen LogP contribution in [0.15, 0.2) is 0 Å². The van der Waals surface area contributed by atoms with Gasteiger partial charge in [-0.15, -0.1) is 0 Å². The SMILES string of the molecule is O.O.O.O.O.[N-]=C=S.[NH4+]. The molecule has 0 aliphatic rings. The zero-order valence-electron chi connectivity index (χ0n) is 4.86. The Morgan fingerprint density at radius 3 is 0.889 bits per heavy atom. The predicted octanol–water partition coefficient (Wildman–Crippen LogP) is -3.09. The van der Waals surface area contributed by atoms with Crippen LogP contribution in [-0.2, 0) is 0 Å². The van der Waals surface area contributed by atoms with E-state index in [1.165, 1.54) is 5.16 Å². The quantitative estimate of drug-likeness (QED) is 0.287. The lowest BCUT2D eigenvalue weighted by Gasteiger charge is -1.37. The summed E-state index contributed by atoms with van der Waals surface area (Å²) >= 11 is 3.70. The molecule has 0 unspecified atom stereocenters. The molecule has 0 saturated carbocycles. The van der Waals surface area contributed by atoms with Crippen LogP contribution in [0.4, 0.5) is 0 Å². The summed E-state index contributed by atoms with van der Waals surface area (Å²) in [5.41, 5.74) is 0. The van der Waals surface area contributed by atoms with E-state index in [2.05, 4.69) is 12.2 Å². The summed E-state index contributed by atoms with van der Waals surface area (Å²) < 4.78 is 0. The van der Waals surface area contributed by atoms with Crippen molar-refractivity contribution < 1.29 is 27.4 Å². The Morgan fingerprint density at radius 2 is 0.889 bits per heavy atom. The lowest BCUT2D eigenvalue weighted by Crippen LogP contribution is -0.979. The molecule has 9 heavy (non-hydrogen) atoms. The van der Waals surface area contributed by atoms with E-state index in [1.54, 1.807) is 0 Å². The number of hydrogen-bond donors (Lipinski definition) is 1. The Labute approximate surface area is 57.3 Å². The third kappa shape index (κ3) is 1210. The van der Waals surface area contributed by atoms with Crippen LogP contribution in [0.3, 0.4) is 0 Å². The van der Waals surface area contributed by atoms with Crippen molar-refractivity contribution in [2.75, 3.05) is 0 Å². The molecule has 8 heteroatoms. The Kier molecular flexibility index (Phi) is 23200. The van der Waals surface area contributed by atoms with E-state index in [4.69, 9.17) is 5.41 Å². The Hall–Kier alpha value is -0.440. The Bertz CT molecular complexity index is 35.9. The maximum Gasteiger partial charge on any atom is -0.0548 e. The minimum absolute atomic E-state index is 0. The van der Waals surface area contributed by atoms with Crippen molar-refractivity contribution in [1.82, 2.24) is 6.15 Å². The number of nitrogens with zero attached hydrogens (tertiary/aromatic N) is 1. The molecular formula is CH14N2O5S. The van der Waals surface area contributed by atoms with Crippen LogP contribution in [-0.4, -0.2) is 32.5 Å². The molecule has 0 aliphatic heterocycles. The van der Waals surface area contributed by atoms with E-state index in [0.29, 0.717) is 0 Å². The maximum absolute atomic E-state index is 7.13. The Morgan fingerprint density at radius 1 is 0.889 bits per heavy atom. The second-order valence-electron chi connectivity index (χ2n) is 0.0913. The van der Waals surface area contributed by atoms with E-state index in [9.17, 15) is 0 Å². The fourth-order valence-electron chi connectivity index (χ4n) is 0.